The summed E-state index contributed by atoms with van der Waals surface area (Å²) in [5.74, 6) is -4.01. The lowest BCUT2D eigenvalue weighted by atomic mass is 10.0. The van der Waals surface area contributed by atoms with Gasteiger partial charge >= 0.3 is 0 Å². The molecule has 0 nitrogen and oxygen atoms in total. The van der Waals surface area contributed by atoms with Gasteiger partial charge in [0.1, 0.15) is 0 Å². The fourth-order valence-corrected chi connectivity index (χ4v) is 2.90. The lowest BCUT2D eigenvalue weighted by molar-refractivity contribution is 0.445. The molecule has 1 unspecified atom stereocenters. The molecule has 0 N–H and O–H groups in total. The van der Waals surface area contributed by atoms with E-state index in [1.165, 1.54) is 0 Å². The third-order valence-electron chi connectivity index (χ3n) is 2.53. The van der Waals surface area contributed by atoms with Crippen LogP contribution in [0.3, 0.4) is 0 Å². The van der Waals surface area contributed by atoms with Crippen molar-refractivity contribution in [3.05, 3.63) is 67.9 Å². The second-order valence-electron chi connectivity index (χ2n) is 3.83. The number of hydrogen-bond donors (Lipinski definition) is 0. The minimum Gasteiger partial charge on any atom is -0.204 e. The van der Waals surface area contributed by atoms with Crippen molar-refractivity contribution < 1.29 is 13.2 Å². The monoisotopic (exact) mass is 412 g/mol. The zero-order valence-corrected chi connectivity index (χ0v) is 13.2. The normalized spacial score (nSPS) is 12.5. The summed E-state index contributed by atoms with van der Waals surface area (Å²) >= 11 is 12.8. The van der Waals surface area contributed by atoms with Crippen LogP contribution < -0.4 is 0 Å². The summed E-state index contributed by atoms with van der Waals surface area (Å²) in [4.78, 5) is 0. The molecule has 0 saturated carbocycles. The van der Waals surface area contributed by atoms with Crippen LogP contribution in [0.25, 0.3) is 0 Å². The molecule has 0 radical (unpaired) electrons. The molecule has 1 atom stereocenters. The maximum absolute atomic E-state index is 13.2. The first kappa shape index (κ1) is 14.9. The Balaban J connectivity index is 2.49. The molecule has 2 rings (SSSR count). The van der Waals surface area contributed by atoms with Crippen molar-refractivity contribution in [2.24, 2.45) is 0 Å². The minimum atomic E-state index is -1.50. The molecule has 0 aliphatic heterocycles. The van der Waals surface area contributed by atoms with Crippen molar-refractivity contribution in [2.75, 3.05) is 0 Å². The molecule has 19 heavy (non-hydrogen) atoms. The van der Waals surface area contributed by atoms with Crippen LogP contribution in [0, 0.1) is 17.5 Å². The maximum Gasteiger partial charge on any atom is 0.194 e. The van der Waals surface area contributed by atoms with E-state index < -0.39 is 22.8 Å². The smallest absolute Gasteiger partial charge is 0.194 e. The van der Waals surface area contributed by atoms with Gasteiger partial charge in [0.2, 0.25) is 0 Å². The average molecular weight is 414 g/mol. The zero-order valence-electron chi connectivity index (χ0n) is 9.23. The third-order valence-corrected chi connectivity index (χ3v) is 4.23. The second kappa shape index (κ2) is 5.85. The second-order valence-corrected chi connectivity index (χ2v) is 6.03. The fourth-order valence-electron chi connectivity index (χ4n) is 1.61. The number of hydrogen-bond acceptors (Lipinski definition) is 0. The van der Waals surface area contributed by atoms with Crippen LogP contribution in [0.15, 0.2) is 39.3 Å². The number of rotatable bonds is 2. The molecule has 0 spiro atoms. The van der Waals surface area contributed by atoms with Crippen LogP contribution in [0.1, 0.15) is 16.5 Å². The van der Waals surface area contributed by atoms with Gasteiger partial charge in [-0.3, -0.25) is 0 Å². The first-order valence-corrected chi connectivity index (χ1v) is 7.16. The van der Waals surface area contributed by atoms with E-state index in [0.717, 1.165) is 16.6 Å². The Morgan fingerprint density at radius 3 is 2.11 bits per heavy atom. The fraction of sp³-hybridized carbons (Fsp3) is 0.0769. The lowest BCUT2D eigenvalue weighted by Gasteiger charge is -2.13. The average Bonchev–Trinajstić information content (AvgIpc) is 2.37. The van der Waals surface area contributed by atoms with Gasteiger partial charge in [-0.25, -0.2) is 13.2 Å². The molecule has 0 heterocycles. The Bertz CT molecular complexity index is 608. The van der Waals surface area contributed by atoms with E-state index in [-0.39, 0.29) is 5.56 Å². The van der Waals surface area contributed by atoms with Crippen LogP contribution in [-0.2, 0) is 0 Å². The van der Waals surface area contributed by atoms with E-state index in [9.17, 15) is 13.2 Å². The van der Waals surface area contributed by atoms with Gasteiger partial charge in [-0.1, -0.05) is 31.9 Å². The Kier molecular flexibility index (Phi) is 4.58. The summed E-state index contributed by atoms with van der Waals surface area (Å²) < 4.78 is 40.8. The predicted octanol–water partition coefficient (Wildman–Crippen LogP) is 5.96. The molecule has 0 bridgehead atoms. The SMILES string of the molecule is Fc1cc(C(Cl)c2cc(Br)ccc2Br)cc(F)c1F. The van der Waals surface area contributed by atoms with E-state index in [4.69, 9.17) is 11.6 Å². The Labute approximate surface area is 129 Å². The molecular weight excluding hydrogens is 408 g/mol. The van der Waals surface area contributed by atoms with E-state index >= 15 is 0 Å². The first-order chi connectivity index (χ1) is 8.90. The summed E-state index contributed by atoms with van der Waals surface area (Å²) in [6.45, 7) is 0. The Morgan fingerprint density at radius 2 is 1.53 bits per heavy atom. The van der Waals surface area contributed by atoms with E-state index in [0.29, 0.717) is 10.0 Å². The highest BCUT2D eigenvalue weighted by Gasteiger charge is 2.19. The number of halogens is 6. The quantitative estimate of drug-likeness (QED) is 0.420. The summed E-state index contributed by atoms with van der Waals surface area (Å²) in [6, 6.07) is 7.06. The van der Waals surface area contributed by atoms with Gasteiger partial charge in [-0.15, -0.1) is 11.6 Å². The number of alkyl halides is 1. The lowest BCUT2D eigenvalue weighted by Crippen LogP contribution is -1.99. The zero-order chi connectivity index (χ0) is 14.2. The molecule has 0 amide bonds. The summed E-state index contributed by atoms with van der Waals surface area (Å²) in [7, 11) is 0. The molecule has 100 valence electrons. The summed E-state index contributed by atoms with van der Waals surface area (Å²) in [6.07, 6.45) is 0. The molecule has 0 saturated heterocycles. The van der Waals surface area contributed by atoms with Gasteiger partial charge in [0.15, 0.2) is 17.5 Å². The molecule has 0 fully saturated rings. The van der Waals surface area contributed by atoms with Crippen LogP contribution >= 0.6 is 43.5 Å². The van der Waals surface area contributed by atoms with Gasteiger partial charge in [-0.2, -0.15) is 0 Å². The molecule has 2 aromatic carbocycles. The summed E-state index contributed by atoms with van der Waals surface area (Å²) in [5.41, 5.74) is 0.776. The maximum atomic E-state index is 13.2. The molecule has 0 aliphatic carbocycles. The highest BCUT2D eigenvalue weighted by atomic mass is 79.9. The van der Waals surface area contributed by atoms with Gasteiger partial charge in [0, 0.05) is 8.95 Å². The van der Waals surface area contributed by atoms with Crippen molar-refractivity contribution in [2.45, 2.75) is 5.38 Å². The standard InChI is InChI=1S/C13H6Br2ClF3/c14-7-1-2-9(15)8(5-7)12(16)6-3-10(17)13(19)11(18)4-6/h1-5,12H. The Morgan fingerprint density at radius 1 is 0.947 bits per heavy atom. The molecule has 2 aromatic rings. The van der Waals surface area contributed by atoms with Crippen LogP contribution in [0.5, 0.6) is 0 Å². The highest BCUT2D eigenvalue weighted by Crippen LogP contribution is 2.36. The first-order valence-electron chi connectivity index (χ1n) is 5.13. The van der Waals surface area contributed by atoms with Gasteiger partial charge in [-0.05, 0) is 41.5 Å². The summed E-state index contributed by atoms with van der Waals surface area (Å²) in [5, 5.41) is -0.795. The van der Waals surface area contributed by atoms with Gasteiger partial charge in [0.25, 0.3) is 0 Å². The van der Waals surface area contributed by atoms with Crippen molar-refractivity contribution in [3.63, 3.8) is 0 Å². The largest absolute Gasteiger partial charge is 0.204 e. The third kappa shape index (κ3) is 3.15. The van der Waals surface area contributed by atoms with Crippen LogP contribution in [0.2, 0.25) is 0 Å². The topological polar surface area (TPSA) is 0 Å². The number of benzene rings is 2. The van der Waals surface area contributed by atoms with Gasteiger partial charge < -0.3 is 0 Å². The van der Waals surface area contributed by atoms with Gasteiger partial charge in [0.05, 0.1) is 5.38 Å². The van der Waals surface area contributed by atoms with Crippen molar-refractivity contribution >= 4 is 43.5 Å². The molecule has 0 aromatic heterocycles. The van der Waals surface area contributed by atoms with Crippen LogP contribution in [0.4, 0.5) is 13.2 Å². The van der Waals surface area contributed by atoms with Crippen LogP contribution in [-0.4, -0.2) is 0 Å². The van der Waals surface area contributed by atoms with E-state index in [1.807, 2.05) is 0 Å². The van der Waals surface area contributed by atoms with Crippen molar-refractivity contribution in [3.8, 4) is 0 Å². The van der Waals surface area contributed by atoms with Crippen molar-refractivity contribution in [1.82, 2.24) is 0 Å². The predicted molar refractivity (Wildman–Crippen MR) is 75.9 cm³/mol. The van der Waals surface area contributed by atoms with Crippen molar-refractivity contribution in [1.29, 1.82) is 0 Å². The molecule has 0 aliphatic rings. The minimum absolute atomic E-state index is 0.150. The highest BCUT2D eigenvalue weighted by molar-refractivity contribution is 9.11. The van der Waals surface area contributed by atoms with E-state index in [2.05, 4.69) is 31.9 Å². The Hall–Kier alpha value is -0.520. The molecule has 6 heteroatoms. The molecular formula is C13H6Br2ClF3. The van der Waals surface area contributed by atoms with E-state index in [1.54, 1.807) is 18.2 Å².